The van der Waals surface area contributed by atoms with Crippen LogP contribution in [0, 0.1) is 11.3 Å². The standard InChI is InChI=1S/C18H20N2O/c1-2-3-4-11-21-18-10-9-16(12-17(18)20)15-7-5-14(13-19)6-8-15/h5-10,12H,2-4,11,20H2,1H3. The number of nitrogens with two attached hydrogens (primary N) is 1. The van der Waals surface area contributed by atoms with Crippen LogP contribution in [-0.2, 0) is 0 Å². The van der Waals surface area contributed by atoms with Gasteiger partial charge in [-0.15, -0.1) is 0 Å². The molecule has 2 aromatic rings. The lowest BCUT2D eigenvalue weighted by molar-refractivity contribution is 0.308. The summed E-state index contributed by atoms with van der Waals surface area (Å²) in [6.45, 7) is 2.87. The summed E-state index contributed by atoms with van der Waals surface area (Å²) < 4.78 is 5.70. The third-order valence-corrected chi connectivity index (χ3v) is 3.36. The summed E-state index contributed by atoms with van der Waals surface area (Å²) in [7, 11) is 0. The molecule has 0 heterocycles. The lowest BCUT2D eigenvalue weighted by Crippen LogP contribution is -2.00. The second kappa shape index (κ2) is 7.35. The van der Waals surface area contributed by atoms with Crippen LogP contribution in [0.3, 0.4) is 0 Å². The maximum Gasteiger partial charge on any atom is 0.142 e. The number of hydrogen-bond donors (Lipinski definition) is 1. The molecular weight excluding hydrogens is 260 g/mol. The molecule has 108 valence electrons. The van der Waals surface area contributed by atoms with Crippen molar-refractivity contribution in [1.29, 1.82) is 5.26 Å². The van der Waals surface area contributed by atoms with E-state index in [2.05, 4.69) is 13.0 Å². The molecule has 2 N–H and O–H groups in total. The highest BCUT2D eigenvalue weighted by Gasteiger charge is 2.04. The van der Waals surface area contributed by atoms with Gasteiger partial charge in [-0.05, 0) is 41.8 Å². The lowest BCUT2D eigenvalue weighted by Gasteiger charge is -2.10. The van der Waals surface area contributed by atoms with Gasteiger partial charge in [-0.3, -0.25) is 0 Å². The highest BCUT2D eigenvalue weighted by Crippen LogP contribution is 2.28. The van der Waals surface area contributed by atoms with Crippen molar-refractivity contribution < 1.29 is 4.74 Å². The molecule has 2 rings (SSSR count). The molecule has 0 atom stereocenters. The first-order valence-electron chi connectivity index (χ1n) is 7.27. The molecule has 0 amide bonds. The van der Waals surface area contributed by atoms with Gasteiger partial charge in [0.25, 0.3) is 0 Å². The third kappa shape index (κ3) is 4.00. The minimum absolute atomic E-state index is 0.647. The Balaban J connectivity index is 2.09. The highest BCUT2D eigenvalue weighted by molar-refractivity contribution is 5.71. The van der Waals surface area contributed by atoms with Gasteiger partial charge in [0.1, 0.15) is 5.75 Å². The van der Waals surface area contributed by atoms with Gasteiger partial charge in [-0.2, -0.15) is 5.26 Å². The Bertz CT molecular complexity index is 627. The average molecular weight is 280 g/mol. The maximum atomic E-state index is 8.81. The third-order valence-electron chi connectivity index (χ3n) is 3.36. The van der Waals surface area contributed by atoms with Gasteiger partial charge >= 0.3 is 0 Å². The zero-order valence-corrected chi connectivity index (χ0v) is 12.3. The molecule has 3 heteroatoms. The number of nitrogens with zero attached hydrogens (tertiary/aromatic N) is 1. The summed E-state index contributed by atoms with van der Waals surface area (Å²) in [5, 5.41) is 8.81. The smallest absolute Gasteiger partial charge is 0.142 e. The molecule has 0 aliphatic heterocycles. The molecule has 0 aromatic heterocycles. The Morgan fingerprint density at radius 1 is 1.05 bits per heavy atom. The van der Waals surface area contributed by atoms with Gasteiger partial charge in [-0.25, -0.2) is 0 Å². The van der Waals surface area contributed by atoms with Crippen LogP contribution in [0.5, 0.6) is 5.75 Å². The summed E-state index contributed by atoms with van der Waals surface area (Å²) in [6.07, 6.45) is 3.40. The first-order valence-corrected chi connectivity index (χ1v) is 7.27. The predicted molar refractivity (Wildman–Crippen MR) is 86.0 cm³/mol. The normalized spacial score (nSPS) is 10.1. The zero-order valence-electron chi connectivity index (χ0n) is 12.3. The van der Waals surface area contributed by atoms with Gasteiger partial charge in [0.05, 0.1) is 23.9 Å². The molecule has 0 aliphatic rings. The monoisotopic (exact) mass is 280 g/mol. The summed E-state index contributed by atoms with van der Waals surface area (Å²) in [6, 6.07) is 15.4. The number of rotatable bonds is 6. The van der Waals surface area contributed by atoms with E-state index >= 15 is 0 Å². The van der Waals surface area contributed by atoms with Crippen LogP contribution in [0.15, 0.2) is 42.5 Å². The van der Waals surface area contributed by atoms with Crippen molar-refractivity contribution in [2.45, 2.75) is 26.2 Å². The second-order valence-electron chi connectivity index (χ2n) is 5.00. The maximum absolute atomic E-state index is 8.81. The van der Waals surface area contributed by atoms with E-state index in [-0.39, 0.29) is 0 Å². The van der Waals surface area contributed by atoms with Crippen LogP contribution < -0.4 is 10.5 Å². The Kier molecular flexibility index (Phi) is 5.22. The number of unbranched alkanes of at least 4 members (excludes halogenated alkanes) is 2. The number of benzene rings is 2. The molecule has 0 radical (unpaired) electrons. The fourth-order valence-corrected chi connectivity index (χ4v) is 2.13. The fourth-order valence-electron chi connectivity index (χ4n) is 2.13. The van der Waals surface area contributed by atoms with Crippen molar-refractivity contribution >= 4 is 5.69 Å². The first kappa shape index (κ1) is 14.9. The topological polar surface area (TPSA) is 59.0 Å². The molecule has 0 aliphatic carbocycles. The highest BCUT2D eigenvalue weighted by atomic mass is 16.5. The van der Waals surface area contributed by atoms with Crippen molar-refractivity contribution in [2.75, 3.05) is 12.3 Å². The van der Waals surface area contributed by atoms with Gasteiger partial charge in [-0.1, -0.05) is 38.0 Å². The predicted octanol–water partition coefficient (Wildman–Crippen LogP) is 4.38. The van der Waals surface area contributed by atoms with Crippen molar-refractivity contribution in [3.8, 4) is 22.9 Å². The van der Waals surface area contributed by atoms with Crippen LogP contribution in [-0.4, -0.2) is 6.61 Å². The molecule has 0 bridgehead atoms. The van der Waals surface area contributed by atoms with E-state index in [0.717, 1.165) is 23.3 Å². The number of hydrogen-bond acceptors (Lipinski definition) is 3. The van der Waals surface area contributed by atoms with E-state index in [4.69, 9.17) is 15.7 Å². The quantitative estimate of drug-likeness (QED) is 0.631. The minimum atomic E-state index is 0.647. The molecule has 0 spiro atoms. The summed E-state index contributed by atoms with van der Waals surface area (Å²) in [5.74, 6) is 0.739. The molecule has 2 aromatic carbocycles. The van der Waals surface area contributed by atoms with Crippen molar-refractivity contribution in [2.24, 2.45) is 0 Å². The van der Waals surface area contributed by atoms with Gasteiger partial charge < -0.3 is 10.5 Å². The molecule has 0 saturated carbocycles. The largest absolute Gasteiger partial charge is 0.491 e. The molecule has 0 fully saturated rings. The fraction of sp³-hybridized carbons (Fsp3) is 0.278. The minimum Gasteiger partial charge on any atom is -0.491 e. The van der Waals surface area contributed by atoms with Crippen molar-refractivity contribution in [3.63, 3.8) is 0 Å². The average Bonchev–Trinajstić information content (AvgIpc) is 2.53. The van der Waals surface area contributed by atoms with E-state index in [1.54, 1.807) is 12.1 Å². The Labute approximate surface area is 126 Å². The van der Waals surface area contributed by atoms with Crippen LogP contribution in [0.1, 0.15) is 31.7 Å². The Hall–Kier alpha value is -2.47. The van der Waals surface area contributed by atoms with E-state index in [9.17, 15) is 0 Å². The van der Waals surface area contributed by atoms with Crippen molar-refractivity contribution in [1.82, 2.24) is 0 Å². The van der Waals surface area contributed by atoms with E-state index in [0.29, 0.717) is 17.9 Å². The van der Waals surface area contributed by atoms with E-state index in [1.807, 2.05) is 30.3 Å². The van der Waals surface area contributed by atoms with E-state index in [1.165, 1.54) is 12.8 Å². The van der Waals surface area contributed by atoms with Crippen LogP contribution in [0.2, 0.25) is 0 Å². The Morgan fingerprint density at radius 3 is 2.38 bits per heavy atom. The SMILES string of the molecule is CCCCCOc1ccc(-c2ccc(C#N)cc2)cc1N. The summed E-state index contributed by atoms with van der Waals surface area (Å²) in [4.78, 5) is 0. The molecule has 0 saturated heterocycles. The van der Waals surface area contributed by atoms with Crippen LogP contribution >= 0.6 is 0 Å². The van der Waals surface area contributed by atoms with Crippen LogP contribution in [0.25, 0.3) is 11.1 Å². The van der Waals surface area contributed by atoms with Gasteiger partial charge in [0.15, 0.2) is 0 Å². The van der Waals surface area contributed by atoms with E-state index < -0.39 is 0 Å². The molecule has 3 nitrogen and oxygen atoms in total. The van der Waals surface area contributed by atoms with Gasteiger partial charge in [0.2, 0.25) is 0 Å². The Morgan fingerprint density at radius 2 is 1.76 bits per heavy atom. The summed E-state index contributed by atoms with van der Waals surface area (Å²) >= 11 is 0. The second-order valence-corrected chi connectivity index (χ2v) is 5.00. The molecule has 0 unspecified atom stereocenters. The number of nitrogen functional groups attached to an aromatic ring is 1. The first-order chi connectivity index (χ1) is 10.2. The van der Waals surface area contributed by atoms with Crippen molar-refractivity contribution in [3.05, 3.63) is 48.0 Å². The zero-order chi connectivity index (χ0) is 15.1. The molecular formula is C18H20N2O. The van der Waals surface area contributed by atoms with Crippen LogP contribution in [0.4, 0.5) is 5.69 Å². The van der Waals surface area contributed by atoms with Gasteiger partial charge in [0, 0.05) is 0 Å². The number of nitriles is 1. The number of anilines is 1. The lowest BCUT2D eigenvalue weighted by atomic mass is 10.0. The number of ether oxygens (including phenoxy) is 1. The molecule has 21 heavy (non-hydrogen) atoms. The summed E-state index contributed by atoms with van der Waals surface area (Å²) in [5.41, 5.74) is 9.42.